The van der Waals surface area contributed by atoms with Crippen molar-refractivity contribution in [3.05, 3.63) is 23.4 Å². The lowest BCUT2D eigenvalue weighted by Crippen LogP contribution is -2.25. The number of ketones is 1. The molecule has 0 unspecified atom stereocenters. The summed E-state index contributed by atoms with van der Waals surface area (Å²) in [4.78, 5) is 30.8. The van der Waals surface area contributed by atoms with Crippen LogP contribution in [-0.2, 0) is 14.4 Å². The molecule has 6 heteroatoms. The molecule has 0 spiro atoms. The maximum absolute atomic E-state index is 11.5. The summed E-state index contributed by atoms with van der Waals surface area (Å²) in [6, 6.07) is 0. The average molecular weight is 238 g/mol. The van der Waals surface area contributed by atoms with E-state index in [0.29, 0.717) is 11.3 Å². The summed E-state index contributed by atoms with van der Waals surface area (Å²) in [7, 11) is 0. The van der Waals surface area contributed by atoms with Gasteiger partial charge < -0.3 is 9.94 Å². The molecule has 0 atom stereocenters. The first-order valence-electron chi connectivity index (χ1n) is 5.08. The molecule has 0 fully saturated rings. The van der Waals surface area contributed by atoms with Crippen molar-refractivity contribution in [3.63, 3.8) is 0 Å². The number of nitrogens with zero attached hydrogens (tertiary/aromatic N) is 1. The Bertz CT molecular complexity index is 421. The van der Waals surface area contributed by atoms with Crippen LogP contribution in [-0.4, -0.2) is 35.7 Å². The molecular weight excluding hydrogens is 224 g/mol. The molecule has 0 aromatic heterocycles. The predicted octanol–water partition coefficient (Wildman–Crippen LogP) is -0.0997. The average Bonchev–Trinajstić information content (AvgIpc) is 2.27. The molecule has 0 radical (unpaired) electrons. The van der Waals surface area contributed by atoms with Gasteiger partial charge in [-0.2, -0.15) is 0 Å². The Labute approximate surface area is 98.6 Å². The SMILES string of the molecule is CC(=O)ONC1=C(C)C(=NCCO)C(=O)C=C1. The molecule has 0 aliphatic heterocycles. The van der Waals surface area contributed by atoms with Gasteiger partial charge in [-0.05, 0) is 19.1 Å². The fraction of sp³-hybridized carbons (Fsp3) is 0.364. The minimum atomic E-state index is -0.482. The zero-order valence-electron chi connectivity index (χ0n) is 9.69. The van der Waals surface area contributed by atoms with Crippen molar-refractivity contribution in [1.29, 1.82) is 0 Å². The number of hydrogen-bond donors (Lipinski definition) is 2. The second kappa shape index (κ2) is 5.95. The van der Waals surface area contributed by atoms with E-state index in [1.807, 2.05) is 0 Å². The Kier molecular flexibility index (Phi) is 4.59. The third kappa shape index (κ3) is 3.53. The van der Waals surface area contributed by atoms with E-state index in [-0.39, 0.29) is 24.6 Å². The minimum Gasteiger partial charge on any atom is -0.394 e. The van der Waals surface area contributed by atoms with Gasteiger partial charge in [-0.25, -0.2) is 5.48 Å². The van der Waals surface area contributed by atoms with E-state index >= 15 is 0 Å². The number of rotatable bonds is 4. The summed E-state index contributed by atoms with van der Waals surface area (Å²) in [5, 5.41) is 8.67. The highest BCUT2D eigenvalue weighted by molar-refractivity contribution is 6.50. The molecule has 0 saturated carbocycles. The van der Waals surface area contributed by atoms with Gasteiger partial charge in [0.25, 0.3) is 0 Å². The van der Waals surface area contributed by atoms with Crippen molar-refractivity contribution in [2.24, 2.45) is 4.99 Å². The number of carbonyl (C=O) groups excluding carboxylic acids is 2. The molecule has 0 amide bonds. The molecule has 1 aliphatic rings. The first-order chi connectivity index (χ1) is 8.06. The van der Waals surface area contributed by atoms with Crippen LogP contribution in [0.25, 0.3) is 0 Å². The zero-order valence-corrected chi connectivity index (χ0v) is 9.69. The van der Waals surface area contributed by atoms with Gasteiger partial charge in [0.2, 0.25) is 5.78 Å². The molecular formula is C11H14N2O4. The van der Waals surface area contributed by atoms with Crippen LogP contribution in [0, 0.1) is 0 Å². The zero-order chi connectivity index (χ0) is 12.8. The van der Waals surface area contributed by atoms with Crippen LogP contribution in [0.15, 0.2) is 28.4 Å². The van der Waals surface area contributed by atoms with Crippen LogP contribution in [0.2, 0.25) is 0 Å². The van der Waals surface area contributed by atoms with E-state index in [2.05, 4.69) is 15.3 Å². The van der Waals surface area contributed by atoms with Gasteiger partial charge in [0.15, 0.2) is 0 Å². The van der Waals surface area contributed by atoms with Crippen LogP contribution in [0.5, 0.6) is 0 Å². The van der Waals surface area contributed by atoms with Gasteiger partial charge >= 0.3 is 5.97 Å². The molecule has 0 aromatic rings. The molecule has 0 bridgehead atoms. The Morgan fingerprint density at radius 1 is 1.53 bits per heavy atom. The summed E-state index contributed by atoms with van der Waals surface area (Å²) < 4.78 is 0. The number of hydrogen-bond acceptors (Lipinski definition) is 6. The highest BCUT2D eigenvalue weighted by atomic mass is 16.7. The smallest absolute Gasteiger partial charge is 0.329 e. The third-order valence-electron chi connectivity index (χ3n) is 2.07. The number of allylic oxidation sites excluding steroid dienone is 3. The molecule has 92 valence electrons. The van der Waals surface area contributed by atoms with E-state index in [4.69, 9.17) is 5.11 Å². The second-order valence-electron chi connectivity index (χ2n) is 3.39. The van der Waals surface area contributed by atoms with Crippen molar-refractivity contribution < 1.29 is 19.5 Å². The monoisotopic (exact) mass is 238 g/mol. The van der Waals surface area contributed by atoms with Gasteiger partial charge in [0, 0.05) is 12.5 Å². The fourth-order valence-electron chi connectivity index (χ4n) is 1.27. The van der Waals surface area contributed by atoms with Gasteiger partial charge in [0.1, 0.15) is 5.71 Å². The van der Waals surface area contributed by atoms with Crippen LogP contribution < -0.4 is 5.48 Å². The first kappa shape index (κ1) is 13.1. The summed E-state index contributed by atoms with van der Waals surface area (Å²) in [5.41, 5.74) is 3.78. The number of nitrogens with one attached hydrogen (secondary N) is 1. The van der Waals surface area contributed by atoms with Crippen molar-refractivity contribution >= 4 is 17.5 Å². The highest BCUT2D eigenvalue weighted by Gasteiger charge is 2.18. The van der Waals surface area contributed by atoms with Crippen LogP contribution >= 0.6 is 0 Å². The highest BCUT2D eigenvalue weighted by Crippen LogP contribution is 2.12. The molecule has 2 N–H and O–H groups in total. The molecule has 0 aromatic carbocycles. The van der Waals surface area contributed by atoms with Crippen LogP contribution in [0.3, 0.4) is 0 Å². The number of carbonyl (C=O) groups is 2. The normalized spacial score (nSPS) is 17.6. The molecule has 1 rings (SSSR count). The molecule has 1 aliphatic carbocycles. The predicted molar refractivity (Wildman–Crippen MR) is 61.1 cm³/mol. The maximum Gasteiger partial charge on any atom is 0.329 e. The largest absolute Gasteiger partial charge is 0.394 e. The summed E-state index contributed by atoms with van der Waals surface area (Å²) in [5.74, 6) is -0.714. The van der Waals surface area contributed by atoms with Crippen molar-refractivity contribution in [2.75, 3.05) is 13.2 Å². The van der Waals surface area contributed by atoms with Crippen molar-refractivity contribution in [2.45, 2.75) is 13.8 Å². The minimum absolute atomic E-state index is 0.125. The lowest BCUT2D eigenvalue weighted by Gasteiger charge is -2.14. The molecule has 0 heterocycles. The quantitative estimate of drug-likeness (QED) is 0.527. The standard InChI is InChI=1S/C11H14N2O4/c1-7-9(13-17-8(2)15)3-4-10(16)11(7)12-5-6-14/h3-4,13-14H,5-6H2,1-2H3. The molecule has 0 saturated heterocycles. The second-order valence-corrected chi connectivity index (χ2v) is 3.39. The summed E-state index contributed by atoms with van der Waals surface area (Å²) in [6.07, 6.45) is 2.84. The maximum atomic E-state index is 11.5. The number of aliphatic hydroxyl groups is 1. The van der Waals surface area contributed by atoms with Crippen molar-refractivity contribution in [3.8, 4) is 0 Å². The Morgan fingerprint density at radius 3 is 2.82 bits per heavy atom. The molecule has 6 nitrogen and oxygen atoms in total. The lowest BCUT2D eigenvalue weighted by atomic mass is 10.0. The lowest BCUT2D eigenvalue weighted by molar-refractivity contribution is -0.146. The van der Waals surface area contributed by atoms with E-state index in [1.165, 1.54) is 19.1 Å². The van der Waals surface area contributed by atoms with Gasteiger partial charge in [-0.15, -0.1) is 0 Å². The topological polar surface area (TPSA) is 88.0 Å². The van der Waals surface area contributed by atoms with Gasteiger partial charge in [-0.1, -0.05) is 0 Å². The number of aliphatic hydroxyl groups excluding tert-OH is 1. The fourth-order valence-corrected chi connectivity index (χ4v) is 1.27. The summed E-state index contributed by atoms with van der Waals surface area (Å²) >= 11 is 0. The summed E-state index contributed by atoms with van der Waals surface area (Å²) in [6.45, 7) is 2.98. The van der Waals surface area contributed by atoms with Crippen LogP contribution in [0.4, 0.5) is 0 Å². The first-order valence-corrected chi connectivity index (χ1v) is 5.08. The van der Waals surface area contributed by atoms with Gasteiger partial charge in [0.05, 0.1) is 18.8 Å². The number of hydroxylamine groups is 1. The molecule has 17 heavy (non-hydrogen) atoms. The van der Waals surface area contributed by atoms with E-state index < -0.39 is 5.97 Å². The number of aliphatic imine (C=N–C) groups is 1. The Hall–Kier alpha value is -1.95. The van der Waals surface area contributed by atoms with Gasteiger partial charge in [-0.3, -0.25) is 14.6 Å². The van der Waals surface area contributed by atoms with Crippen molar-refractivity contribution in [1.82, 2.24) is 5.48 Å². The Morgan fingerprint density at radius 2 is 2.24 bits per heavy atom. The third-order valence-corrected chi connectivity index (χ3v) is 2.07. The van der Waals surface area contributed by atoms with Crippen LogP contribution in [0.1, 0.15) is 13.8 Å². The van der Waals surface area contributed by atoms with E-state index in [0.717, 1.165) is 0 Å². The van der Waals surface area contributed by atoms with E-state index in [9.17, 15) is 9.59 Å². The Balaban J connectivity index is 2.88. The van der Waals surface area contributed by atoms with E-state index in [1.54, 1.807) is 6.92 Å².